The van der Waals surface area contributed by atoms with Gasteiger partial charge < -0.3 is 20.5 Å². The molecule has 0 saturated carbocycles. The molecule has 0 fully saturated rings. The number of hydrogen-bond donors (Lipinski definition) is 3. The van der Waals surface area contributed by atoms with E-state index in [1.807, 2.05) is 0 Å². The molecule has 1 atom stereocenters. The number of rotatable bonds is 9. The van der Waals surface area contributed by atoms with Gasteiger partial charge in [-0.1, -0.05) is 5.11 Å². The zero-order valence-electron chi connectivity index (χ0n) is 15.3. The number of carboxylic acids is 1. The largest absolute Gasteiger partial charge is 0.480 e. The van der Waals surface area contributed by atoms with Crippen LogP contribution in [0.3, 0.4) is 0 Å². The molecule has 0 heterocycles. The summed E-state index contributed by atoms with van der Waals surface area (Å²) in [5.41, 5.74) is 6.50. The fourth-order valence-corrected chi connectivity index (χ4v) is 1.76. The van der Waals surface area contributed by atoms with Crippen molar-refractivity contribution in [3.8, 4) is 0 Å². The summed E-state index contributed by atoms with van der Waals surface area (Å²) < 4.78 is 5.03. The van der Waals surface area contributed by atoms with Gasteiger partial charge in [0, 0.05) is 11.5 Å². The van der Waals surface area contributed by atoms with Gasteiger partial charge in [0.25, 0.3) is 0 Å². The van der Waals surface area contributed by atoms with Crippen molar-refractivity contribution in [2.45, 2.75) is 71.1 Å². The summed E-state index contributed by atoms with van der Waals surface area (Å²) in [6, 6.07) is -1.06. The summed E-state index contributed by atoms with van der Waals surface area (Å²) in [6.07, 6.45) is 0.390. The quantitative estimate of drug-likeness (QED) is 0.250. The average molecular weight is 357 g/mol. The molecule has 10 nitrogen and oxygen atoms in total. The second kappa shape index (κ2) is 9.73. The second-order valence-corrected chi connectivity index (χ2v) is 7.04. The first-order valence-electron chi connectivity index (χ1n) is 7.96. The second-order valence-electron chi connectivity index (χ2n) is 7.04. The molecule has 0 aliphatic carbocycles. The Morgan fingerprint density at radius 2 is 1.80 bits per heavy atom. The SMILES string of the molecule is CC(C)(C)OC(=O)N[C@@H](CCCCNC(=O)C(C)(C)N=[N+]=[N-])C(=O)O. The van der Waals surface area contributed by atoms with Crippen LogP contribution in [-0.4, -0.2) is 46.8 Å². The Labute approximate surface area is 146 Å². The molecule has 0 bridgehead atoms. The number of nitrogens with one attached hydrogen (secondary N) is 2. The van der Waals surface area contributed by atoms with Crippen molar-refractivity contribution in [2.75, 3.05) is 6.54 Å². The highest BCUT2D eigenvalue weighted by molar-refractivity contribution is 5.85. The van der Waals surface area contributed by atoms with E-state index in [0.717, 1.165) is 0 Å². The minimum atomic E-state index is -1.18. The Morgan fingerprint density at radius 3 is 2.28 bits per heavy atom. The van der Waals surface area contributed by atoms with Crippen LogP contribution in [0.15, 0.2) is 5.11 Å². The number of aliphatic carboxylic acids is 1. The molecule has 0 aromatic heterocycles. The summed E-state index contributed by atoms with van der Waals surface area (Å²) >= 11 is 0. The van der Waals surface area contributed by atoms with Gasteiger partial charge in [-0.2, -0.15) is 0 Å². The van der Waals surface area contributed by atoms with E-state index in [1.54, 1.807) is 20.8 Å². The Morgan fingerprint density at radius 1 is 1.20 bits per heavy atom. The summed E-state index contributed by atoms with van der Waals surface area (Å²) in [4.78, 5) is 37.2. The lowest BCUT2D eigenvalue weighted by molar-refractivity contribution is -0.139. The van der Waals surface area contributed by atoms with Crippen LogP contribution >= 0.6 is 0 Å². The molecular weight excluding hydrogens is 330 g/mol. The van der Waals surface area contributed by atoms with Crippen molar-refractivity contribution in [2.24, 2.45) is 5.11 Å². The number of ether oxygens (including phenoxy) is 1. The normalized spacial score (nSPS) is 12.5. The van der Waals surface area contributed by atoms with E-state index in [4.69, 9.17) is 15.4 Å². The zero-order chi connectivity index (χ0) is 19.7. The van der Waals surface area contributed by atoms with E-state index in [2.05, 4.69) is 20.7 Å². The molecule has 0 spiro atoms. The topological polar surface area (TPSA) is 153 Å². The van der Waals surface area contributed by atoms with Gasteiger partial charge in [-0.05, 0) is 59.4 Å². The van der Waals surface area contributed by atoms with E-state index in [-0.39, 0.29) is 6.42 Å². The van der Waals surface area contributed by atoms with Crippen LogP contribution in [0.1, 0.15) is 53.9 Å². The van der Waals surface area contributed by atoms with Crippen LogP contribution in [0.4, 0.5) is 4.79 Å². The molecule has 142 valence electrons. The highest BCUT2D eigenvalue weighted by atomic mass is 16.6. The molecule has 0 radical (unpaired) electrons. The Hall–Kier alpha value is -2.48. The molecule has 0 aromatic rings. The van der Waals surface area contributed by atoms with Gasteiger partial charge in [0.1, 0.15) is 17.2 Å². The highest BCUT2D eigenvalue weighted by Gasteiger charge is 2.26. The van der Waals surface area contributed by atoms with Crippen molar-refractivity contribution in [3.05, 3.63) is 10.4 Å². The summed E-state index contributed by atoms with van der Waals surface area (Å²) in [5, 5.41) is 17.5. The lowest BCUT2D eigenvalue weighted by Crippen LogP contribution is -2.43. The lowest BCUT2D eigenvalue weighted by Gasteiger charge is -2.22. The van der Waals surface area contributed by atoms with Crippen LogP contribution in [0, 0.1) is 0 Å². The zero-order valence-corrected chi connectivity index (χ0v) is 15.3. The van der Waals surface area contributed by atoms with Crippen molar-refractivity contribution < 1.29 is 24.2 Å². The van der Waals surface area contributed by atoms with Crippen LogP contribution in [0.25, 0.3) is 10.4 Å². The molecule has 0 rings (SSSR count). The first kappa shape index (κ1) is 22.5. The minimum absolute atomic E-state index is 0.199. The van der Waals surface area contributed by atoms with Crippen molar-refractivity contribution in [1.29, 1.82) is 0 Å². The van der Waals surface area contributed by atoms with Crippen LogP contribution < -0.4 is 10.6 Å². The number of carbonyl (C=O) groups excluding carboxylic acids is 2. The maximum atomic E-state index is 11.8. The average Bonchev–Trinajstić information content (AvgIpc) is 2.43. The van der Waals surface area contributed by atoms with Gasteiger partial charge >= 0.3 is 12.1 Å². The van der Waals surface area contributed by atoms with Gasteiger partial charge in [0.05, 0.1) is 0 Å². The predicted molar refractivity (Wildman–Crippen MR) is 90.9 cm³/mol. The van der Waals surface area contributed by atoms with Gasteiger partial charge in [0.15, 0.2) is 0 Å². The third kappa shape index (κ3) is 10.1. The highest BCUT2D eigenvalue weighted by Crippen LogP contribution is 2.10. The Balaban J connectivity index is 4.26. The van der Waals surface area contributed by atoms with E-state index >= 15 is 0 Å². The van der Waals surface area contributed by atoms with Crippen molar-refractivity contribution in [3.63, 3.8) is 0 Å². The third-order valence-electron chi connectivity index (χ3n) is 3.04. The molecule has 0 saturated heterocycles. The third-order valence-corrected chi connectivity index (χ3v) is 3.04. The van der Waals surface area contributed by atoms with E-state index < -0.39 is 35.2 Å². The number of alkyl carbamates (subject to hydrolysis) is 1. The van der Waals surface area contributed by atoms with E-state index in [0.29, 0.717) is 19.4 Å². The Kier molecular flexibility index (Phi) is 8.76. The lowest BCUT2D eigenvalue weighted by atomic mass is 10.1. The van der Waals surface area contributed by atoms with E-state index in [9.17, 15) is 14.4 Å². The summed E-state index contributed by atoms with van der Waals surface area (Å²) in [6.45, 7) is 8.34. The Bertz CT molecular complexity index is 535. The molecule has 0 aliphatic rings. The maximum Gasteiger partial charge on any atom is 0.408 e. The molecule has 3 N–H and O–H groups in total. The smallest absolute Gasteiger partial charge is 0.408 e. The molecule has 25 heavy (non-hydrogen) atoms. The maximum absolute atomic E-state index is 11.8. The van der Waals surface area contributed by atoms with Crippen LogP contribution in [-0.2, 0) is 14.3 Å². The van der Waals surface area contributed by atoms with Crippen LogP contribution in [0.2, 0.25) is 0 Å². The van der Waals surface area contributed by atoms with E-state index in [1.165, 1.54) is 13.8 Å². The molecule has 2 amide bonds. The fourth-order valence-electron chi connectivity index (χ4n) is 1.76. The standard InChI is InChI=1S/C15H27N5O5/c1-14(2,3)25-13(24)18-10(11(21)22)8-6-7-9-17-12(23)15(4,5)19-20-16/h10H,6-9H2,1-5H3,(H,17,23)(H,18,24)(H,21,22)/t10-/m0/s1. The first-order valence-corrected chi connectivity index (χ1v) is 7.96. The van der Waals surface area contributed by atoms with Crippen LogP contribution in [0.5, 0.6) is 0 Å². The number of unbranched alkanes of at least 4 members (excludes halogenated alkanes) is 1. The van der Waals surface area contributed by atoms with Crippen molar-refractivity contribution >= 4 is 18.0 Å². The van der Waals surface area contributed by atoms with Gasteiger partial charge in [-0.25, -0.2) is 9.59 Å². The number of carboxylic acid groups (broad SMARTS) is 1. The predicted octanol–water partition coefficient (Wildman–Crippen LogP) is 2.34. The van der Waals surface area contributed by atoms with Crippen molar-refractivity contribution in [1.82, 2.24) is 10.6 Å². The van der Waals surface area contributed by atoms with Gasteiger partial charge in [-0.3, -0.25) is 4.79 Å². The first-order chi connectivity index (χ1) is 11.4. The molecule has 0 aromatic carbocycles. The van der Waals surface area contributed by atoms with Gasteiger partial charge in [-0.15, -0.1) is 0 Å². The molecule has 0 aliphatic heterocycles. The minimum Gasteiger partial charge on any atom is -0.480 e. The number of carbonyl (C=O) groups is 3. The number of hydrogen-bond acceptors (Lipinski definition) is 5. The fraction of sp³-hybridized carbons (Fsp3) is 0.800. The van der Waals surface area contributed by atoms with Gasteiger partial charge in [0.2, 0.25) is 5.91 Å². The number of nitrogens with zero attached hydrogens (tertiary/aromatic N) is 3. The molecule has 0 unspecified atom stereocenters. The summed E-state index contributed by atoms with van der Waals surface area (Å²) in [7, 11) is 0. The summed E-state index contributed by atoms with van der Waals surface area (Å²) in [5.74, 6) is -1.56. The molecular formula is C15H27N5O5. The molecule has 10 heteroatoms. The number of amides is 2. The number of azide groups is 1. The monoisotopic (exact) mass is 357 g/mol.